The molecule has 2 unspecified atom stereocenters. The molecule has 2 atom stereocenters. The highest BCUT2D eigenvalue weighted by Gasteiger charge is 2.27. The van der Waals surface area contributed by atoms with Crippen LogP contribution < -0.4 is 5.73 Å². The van der Waals surface area contributed by atoms with Crippen molar-refractivity contribution in [3.63, 3.8) is 0 Å². The average molecular weight is 209 g/mol. The van der Waals surface area contributed by atoms with E-state index in [1.807, 2.05) is 4.68 Å². The number of hydrogen-bond acceptors (Lipinski definition) is 4. The lowest BCUT2D eigenvalue weighted by molar-refractivity contribution is 0.204. The summed E-state index contributed by atoms with van der Waals surface area (Å²) in [5.41, 5.74) is 5.61. The van der Waals surface area contributed by atoms with Gasteiger partial charge in [0.2, 0.25) is 0 Å². The summed E-state index contributed by atoms with van der Waals surface area (Å²) in [7, 11) is 0. The first-order valence-electron chi connectivity index (χ1n) is 5.67. The van der Waals surface area contributed by atoms with Gasteiger partial charge in [-0.1, -0.05) is 13.8 Å². The zero-order chi connectivity index (χ0) is 10.8. The molecule has 5 heteroatoms. The van der Waals surface area contributed by atoms with Gasteiger partial charge in [0.1, 0.15) is 0 Å². The Morgan fingerprint density at radius 1 is 1.27 bits per heavy atom. The quantitative estimate of drug-likeness (QED) is 0.792. The maximum absolute atomic E-state index is 5.61. The fourth-order valence-electron chi connectivity index (χ4n) is 2.73. The average Bonchev–Trinajstić information content (AvgIpc) is 2.63. The van der Waals surface area contributed by atoms with E-state index in [0.717, 1.165) is 17.7 Å². The Hall–Kier alpha value is -0.970. The summed E-state index contributed by atoms with van der Waals surface area (Å²) in [6, 6.07) is 0.442. The fourth-order valence-corrected chi connectivity index (χ4v) is 2.73. The Balaban J connectivity index is 2.16. The SMILES string of the molecule is CC1CC(C)CC(n2nnnc2CN)C1. The monoisotopic (exact) mass is 209 g/mol. The lowest BCUT2D eigenvalue weighted by Gasteiger charge is -2.31. The minimum absolute atomic E-state index is 0.423. The van der Waals surface area contributed by atoms with E-state index >= 15 is 0 Å². The van der Waals surface area contributed by atoms with E-state index in [2.05, 4.69) is 29.4 Å². The molecule has 15 heavy (non-hydrogen) atoms. The zero-order valence-electron chi connectivity index (χ0n) is 9.43. The number of rotatable bonds is 2. The minimum atomic E-state index is 0.423. The predicted molar refractivity (Wildman–Crippen MR) is 56.9 cm³/mol. The molecule has 2 N–H and O–H groups in total. The van der Waals surface area contributed by atoms with Crippen LogP contribution in [0.4, 0.5) is 0 Å². The molecule has 1 aromatic rings. The molecule has 1 saturated carbocycles. The summed E-state index contributed by atoms with van der Waals surface area (Å²) in [6.07, 6.45) is 3.65. The Morgan fingerprint density at radius 2 is 1.93 bits per heavy atom. The van der Waals surface area contributed by atoms with Crippen molar-refractivity contribution >= 4 is 0 Å². The van der Waals surface area contributed by atoms with Crippen molar-refractivity contribution in [1.82, 2.24) is 20.2 Å². The first kappa shape index (κ1) is 10.5. The van der Waals surface area contributed by atoms with Crippen LogP contribution in [-0.2, 0) is 6.54 Å². The number of tetrazole rings is 1. The molecule has 84 valence electrons. The highest BCUT2D eigenvalue weighted by Crippen LogP contribution is 2.35. The van der Waals surface area contributed by atoms with Gasteiger partial charge in [0, 0.05) is 0 Å². The summed E-state index contributed by atoms with van der Waals surface area (Å²) < 4.78 is 1.92. The van der Waals surface area contributed by atoms with Crippen LogP contribution in [0.2, 0.25) is 0 Å². The normalized spacial score (nSPS) is 31.8. The van der Waals surface area contributed by atoms with E-state index in [1.54, 1.807) is 0 Å². The van der Waals surface area contributed by atoms with E-state index in [1.165, 1.54) is 19.3 Å². The maximum Gasteiger partial charge on any atom is 0.165 e. The van der Waals surface area contributed by atoms with Crippen LogP contribution in [0.1, 0.15) is 45.0 Å². The van der Waals surface area contributed by atoms with Crippen LogP contribution >= 0.6 is 0 Å². The molecule has 0 saturated heterocycles. The van der Waals surface area contributed by atoms with Crippen molar-refractivity contribution < 1.29 is 0 Å². The molecular weight excluding hydrogens is 190 g/mol. The van der Waals surface area contributed by atoms with Gasteiger partial charge < -0.3 is 5.73 Å². The molecule has 1 aromatic heterocycles. The second-order valence-corrected chi connectivity index (χ2v) is 4.82. The third-order valence-corrected chi connectivity index (χ3v) is 3.24. The van der Waals surface area contributed by atoms with Crippen molar-refractivity contribution in [2.75, 3.05) is 0 Å². The molecule has 0 aromatic carbocycles. The van der Waals surface area contributed by atoms with Gasteiger partial charge in [0.15, 0.2) is 5.82 Å². The maximum atomic E-state index is 5.61. The smallest absolute Gasteiger partial charge is 0.165 e. The molecule has 0 aliphatic heterocycles. The van der Waals surface area contributed by atoms with Gasteiger partial charge in [-0.05, 0) is 41.5 Å². The Morgan fingerprint density at radius 3 is 2.53 bits per heavy atom. The molecular formula is C10H19N5. The largest absolute Gasteiger partial charge is 0.324 e. The standard InChI is InChI=1S/C10H19N5/c1-7-3-8(2)5-9(4-7)15-10(6-11)12-13-14-15/h7-9H,3-6,11H2,1-2H3. The highest BCUT2D eigenvalue weighted by atomic mass is 15.6. The van der Waals surface area contributed by atoms with E-state index in [-0.39, 0.29) is 0 Å². The third kappa shape index (κ3) is 2.17. The van der Waals surface area contributed by atoms with Crippen molar-refractivity contribution in [3.8, 4) is 0 Å². The Bertz CT molecular complexity index is 311. The summed E-state index contributed by atoms with van der Waals surface area (Å²) in [6.45, 7) is 5.02. The van der Waals surface area contributed by atoms with Crippen LogP contribution in [0.25, 0.3) is 0 Å². The van der Waals surface area contributed by atoms with Crippen LogP contribution in [-0.4, -0.2) is 20.2 Å². The topological polar surface area (TPSA) is 69.6 Å². The molecule has 0 radical (unpaired) electrons. The lowest BCUT2D eigenvalue weighted by atomic mass is 9.80. The van der Waals surface area contributed by atoms with Gasteiger partial charge >= 0.3 is 0 Å². The first-order chi connectivity index (χ1) is 7.20. The van der Waals surface area contributed by atoms with Gasteiger partial charge in [-0.3, -0.25) is 0 Å². The first-order valence-corrected chi connectivity index (χ1v) is 5.67. The molecule has 2 rings (SSSR count). The van der Waals surface area contributed by atoms with Gasteiger partial charge in [0.05, 0.1) is 12.6 Å². The second-order valence-electron chi connectivity index (χ2n) is 4.82. The molecule has 1 heterocycles. The van der Waals surface area contributed by atoms with Crippen molar-refractivity contribution in [2.45, 2.75) is 45.7 Å². The Kier molecular flexibility index (Phi) is 3.00. The molecule has 1 fully saturated rings. The molecule has 1 aliphatic rings. The molecule has 0 spiro atoms. The van der Waals surface area contributed by atoms with Gasteiger partial charge in [-0.2, -0.15) is 0 Å². The van der Waals surface area contributed by atoms with Crippen LogP contribution in [0.3, 0.4) is 0 Å². The molecule has 5 nitrogen and oxygen atoms in total. The van der Waals surface area contributed by atoms with Gasteiger partial charge in [-0.25, -0.2) is 4.68 Å². The zero-order valence-corrected chi connectivity index (χ0v) is 9.43. The second kappa shape index (κ2) is 4.26. The molecule has 1 aliphatic carbocycles. The van der Waals surface area contributed by atoms with Gasteiger partial charge in [0.25, 0.3) is 0 Å². The Labute approximate surface area is 90.0 Å². The minimum Gasteiger partial charge on any atom is -0.324 e. The van der Waals surface area contributed by atoms with Crippen molar-refractivity contribution in [2.24, 2.45) is 17.6 Å². The van der Waals surface area contributed by atoms with Crippen LogP contribution in [0.5, 0.6) is 0 Å². The van der Waals surface area contributed by atoms with E-state index in [9.17, 15) is 0 Å². The van der Waals surface area contributed by atoms with Crippen LogP contribution in [0.15, 0.2) is 0 Å². The summed E-state index contributed by atoms with van der Waals surface area (Å²) in [5, 5.41) is 11.7. The molecule has 0 bridgehead atoms. The molecule has 0 amide bonds. The number of nitrogens with two attached hydrogens (primary N) is 1. The number of aromatic nitrogens is 4. The highest BCUT2D eigenvalue weighted by molar-refractivity contribution is 4.86. The van der Waals surface area contributed by atoms with E-state index in [4.69, 9.17) is 5.73 Å². The predicted octanol–water partition coefficient (Wildman–Crippen LogP) is 1.13. The lowest BCUT2D eigenvalue weighted by Crippen LogP contribution is -2.25. The van der Waals surface area contributed by atoms with Gasteiger partial charge in [-0.15, -0.1) is 5.10 Å². The van der Waals surface area contributed by atoms with Crippen molar-refractivity contribution in [1.29, 1.82) is 0 Å². The fraction of sp³-hybridized carbons (Fsp3) is 0.900. The summed E-state index contributed by atoms with van der Waals surface area (Å²) in [4.78, 5) is 0. The van der Waals surface area contributed by atoms with E-state index in [0.29, 0.717) is 12.6 Å². The summed E-state index contributed by atoms with van der Waals surface area (Å²) in [5.74, 6) is 2.32. The van der Waals surface area contributed by atoms with E-state index < -0.39 is 0 Å². The van der Waals surface area contributed by atoms with Crippen LogP contribution in [0, 0.1) is 11.8 Å². The van der Waals surface area contributed by atoms with Crippen molar-refractivity contribution in [3.05, 3.63) is 5.82 Å². The number of hydrogen-bond donors (Lipinski definition) is 1. The summed E-state index contributed by atoms with van der Waals surface area (Å²) >= 11 is 0. The number of nitrogens with zero attached hydrogens (tertiary/aromatic N) is 4. The third-order valence-electron chi connectivity index (χ3n) is 3.24.